The molecule has 5 rings (SSSR count). The van der Waals surface area contributed by atoms with Gasteiger partial charge >= 0.3 is 0 Å². The quantitative estimate of drug-likeness (QED) is 0.238. The summed E-state index contributed by atoms with van der Waals surface area (Å²) in [5, 5.41) is 11.2. The number of hydrogen-bond acceptors (Lipinski definition) is 7. The highest BCUT2D eigenvalue weighted by Crippen LogP contribution is 2.35. The van der Waals surface area contributed by atoms with Gasteiger partial charge in [0.25, 0.3) is 5.91 Å². The van der Waals surface area contributed by atoms with E-state index in [0.717, 1.165) is 4.88 Å². The first kappa shape index (κ1) is 26.6. The molecule has 1 aliphatic heterocycles. The smallest absolute Gasteiger partial charge is 0.262 e. The summed E-state index contributed by atoms with van der Waals surface area (Å²) in [6.07, 6.45) is 1.33. The highest BCUT2D eigenvalue weighted by molar-refractivity contribution is 7.16. The Morgan fingerprint density at radius 2 is 1.97 bits per heavy atom. The normalized spacial score (nSPS) is 15.3. The number of fused-ring (bicyclic) bond motifs is 1. The van der Waals surface area contributed by atoms with Crippen LogP contribution in [0.2, 0.25) is 5.02 Å². The van der Waals surface area contributed by atoms with Crippen LogP contribution in [0.1, 0.15) is 52.2 Å². The number of halogens is 1. The number of anilines is 1. The fourth-order valence-electron chi connectivity index (χ4n) is 4.63. The monoisotopic (exact) mass is 564 g/mol. The fraction of sp³-hybridized carbons (Fsp3) is 0.250. The van der Waals surface area contributed by atoms with Crippen LogP contribution in [0.3, 0.4) is 0 Å². The molecule has 1 saturated heterocycles. The molecule has 3 heterocycles. The lowest BCUT2D eigenvalue weighted by molar-refractivity contribution is -0.134. The number of ether oxygens (including phenoxy) is 1. The third-order valence-corrected chi connectivity index (χ3v) is 8.06. The van der Waals surface area contributed by atoms with Crippen molar-refractivity contribution in [3.8, 4) is 5.75 Å². The molecule has 0 bridgehead atoms. The van der Waals surface area contributed by atoms with E-state index >= 15 is 0 Å². The first-order valence-corrected chi connectivity index (χ1v) is 13.6. The number of para-hydroxylation sites is 1. The van der Waals surface area contributed by atoms with Crippen molar-refractivity contribution in [2.75, 3.05) is 11.9 Å². The van der Waals surface area contributed by atoms with Gasteiger partial charge in [-0.3, -0.25) is 29.2 Å². The van der Waals surface area contributed by atoms with Gasteiger partial charge in [0, 0.05) is 29.3 Å². The van der Waals surface area contributed by atoms with E-state index in [2.05, 4.69) is 15.7 Å². The van der Waals surface area contributed by atoms with Crippen LogP contribution in [0.5, 0.6) is 5.75 Å². The summed E-state index contributed by atoms with van der Waals surface area (Å²) in [5.74, 6) is -1.50. The Morgan fingerprint density at radius 3 is 2.72 bits per heavy atom. The summed E-state index contributed by atoms with van der Waals surface area (Å²) in [5.41, 5.74) is 1.92. The zero-order chi connectivity index (χ0) is 27.7. The summed E-state index contributed by atoms with van der Waals surface area (Å²) in [4.78, 5) is 51.1. The van der Waals surface area contributed by atoms with Gasteiger partial charge < -0.3 is 10.1 Å². The van der Waals surface area contributed by atoms with E-state index in [0.29, 0.717) is 56.3 Å². The maximum absolute atomic E-state index is 13.2. The van der Waals surface area contributed by atoms with Crippen molar-refractivity contribution in [1.82, 2.24) is 15.1 Å². The molecule has 0 radical (unpaired) electrons. The van der Waals surface area contributed by atoms with Crippen molar-refractivity contribution in [1.29, 1.82) is 0 Å². The van der Waals surface area contributed by atoms with E-state index in [1.807, 2.05) is 13.0 Å². The van der Waals surface area contributed by atoms with Crippen LogP contribution in [0, 0.1) is 0 Å². The van der Waals surface area contributed by atoms with E-state index in [4.69, 9.17) is 16.3 Å². The number of carbonyl (C=O) groups is 4. The molecule has 1 fully saturated rings. The van der Waals surface area contributed by atoms with E-state index < -0.39 is 11.8 Å². The maximum atomic E-state index is 13.2. The van der Waals surface area contributed by atoms with Crippen molar-refractivity contribution < 1.29 is 23.9 Å². The van der Waals surface area contributed by atoms with Crippen molar-refractivity contribution in [3.63, 3.8) is 0 Å². The number of piperidine rings is 1. The average molecular weight is 565 g/mol. The van der Waals surface area contributed by atoms with E-state index in [-0.39, 0.29) is 30.6 Å². The molecule has 1 aliphatic rings. The average Bonchev–Trinajstić information content (AvgIpc) is 3.48. The Bertz CT molecular complexity index is 1630. The molecule has 0 aliphatic carbocycles. The molecular formula is C28H25ClN4O5S. The van der Waals surface area contributed by atoms with Gasteiger partial charge in [-0.05, 0) is 37.1 Å². The number of aromatic nitrogens is 2. The molecule has 39 heavy (non-hydrogen) atoms. The van der Waals surface area contributed by atoms with Gasteiger partial charge in [0.2, 0.25) is 11.8 Å². The number of nitrogens with one attached hydrogen (secondary N) is 2. The van der Waals surface area contributed by atoms with Crippen LogP contribution in [0.25, 0.3) is 10.9 Å². The number of nitrogens with zero attached hydrogens (tertiary/aromatic N) is 2. The highest BCUT2D eigenvalue weighted by atomic mass is 35.5. The van der Waals surface area contributed by atoms with Crippen LogP contribution in [0.4, 0.5) is 5.00 Å². The number of aryl methyl sites for hydroxylation is 2. The van der Waals surface area contributed by atoms with Crippen LogP contribution in [-0.4, -0.2) is 39.9 Å². The van der Waals surface area contributed by atoms with Crippen LogP contribution >= 0.6 is 22.9 Å². The number of benzene rings is 2. The number of amides is 3. The molecule has 4 aromatic rings. The lowest BCUT2D eigenvalue weighted by Crippen LogP contribution is -2.39. The Morgan fingerprint density at radius 1 is 1.18 bits per heavy atom. The van der Waals surface area contributed by atoms with Crippen LogP contribution in [0.15, 0.2) is 48.5 Å². The van der Waals surface area contributed by atoms with Crippen LogP contribution < -0.4 is 15.4 Å². The van der Waals surface area contributed by atoms with Gasteiger partial charge in [-0.1, -0.05) is 42.8 Å². The molecule has 0 spiro atoms. The molecule has 3 amide bonds. The van der Waals surface area contributed by atoms with Crippen molar-refractivity contribution in [3.05, 3.63) is 75.3 Å². The summed E-state index contributed by atoms with van der Waals surface area (Å²) < 4.78 is 7.49. The van der Waals surface area contributed by atoms with Gasteiger partial charge in [0.1, 0.15) is 16.3 Å². The van der Waals surface area contributed by atoms with Gasteiger partial charge in [-0.25, -0.2) is 0 Å². The summed E-state index contributed by atoms with van der Waals surface area (Å²) in [6, 6.07) is 13.9. The van der Waals surface area contributed by atoms with Crippen molar-refractivity contribution in [2.24, 2.45) is 7.05 Å². The molecular weight excluding hydrogens is 540 g/mol. The number of hydrogen-bond donors (Lipinski definition) is 2. The number of rotatable bonds is 8. The van der Waals surface area contributed by atoms with Crippen molar-refractivity contribution >= 4 is 62.3 Å². The Labute approximate surface area is 233 Å². The minimum atomic E-state index is -0.550. The topological polar surface area (TPSA) is 119 Å². The fourth-order valence-corrected chi connectivity index (χ4v) is 5.86. The predicted octanol–water partition coefficient (Wildman–Crippen LogP) is 4.62. The number of imide groups is 1. The van der Waals surface area contributed by atoms with E-state index in [1.165, 1.54) is 11.3 Å². The second kappa shape index (κ2) is 11.0. The Hall–Kier alpha value is -4.02. The minimum Gasteiger partial charge on any atom is -0.481 e. The second-order valence-electron chi connectivity index (χ2n) is 9.12. The molecule has 1 atom stereocenters. The zero-order valence-electron chi connectivity index (χ0n) is 21.2. The molecule has 0 saturated carbocycles. The third kappa shape index (κ3) is 5.30. The number of carbonyl (C=O) groups excluding carboxylic acids is 4. The van der Waals surface area contributed by atoms with Gasteiger partial charge in [0.05, 0.1) is 22.2 Å². The van der Waals surface area contributed by atoms with Gasteiger partial charge in [-0.15, -0.1) is 11.3 Å². The summed E-state index contributed by atoms with van der Waals surface area (Å²) in [6.45, 7) is 1.67. The lowest BCUT2D eigenvalue weighted by Gasteiger charge is -2.19. The van der Waals surface area contributed by atoms with E-state index in [1.54, 1.807) is 54.2 Å². The first-order valence-electron chi connectivity index (χ1n) is 12.4. The number of ketones is 1. The zero-order valence-corrected chi connectivity index (χ0v) is 22.8. The van der Waals surface area contributed by atoms with Gasteiger partial charge in [0.15, 0.2) is 12.4 Å². The molecule has 9 nitrogen and oxygen atoms in total. The minimum absolute atomic E-state index is 0.244. The standard InChI is InChI=1S/C28H25ClN4O5S/c1-3-15-13-19(26(36)16-7-4-5-9-20(16)29)28(39-15)31-23(35)14-38-21-10-6-8-17-24(32-33(2)25(17)21)18-11-12-22(34)30-27(18)37/h4-10,13,18H,3,11-12,14H2,1-2H3,(H,31,35)(H,30,34,37). The SMILES string of the molecule is CCc1cc(C(=O)c2ccccc2Cl)c(NC(=O)COc2cccc3c(C4CCC(=O)NC4=O)nn(C)c23)s1. The summed E-state index contributed by atoms with van der Waals surface area (Å²) in [7, 11) is 1.73. The second-order valence-corrected chi connectivity index (χ2v) is 10.7. The molecule has 2 N–H and O–H groups in total. The molecule has 2 aromatic carbocycles. The largest absolute Gasteiger partial charge is 0.481 e. The third-order valence-electron chi connectivity index (χ3n) is 6.53. The van der Waals surface area contributed by atoms with Crippen molar-refractivity contribution in [2.45, 2.75) is 32.1 Å². The highest BCUT2D eigenvalue weighted by Gasteiger charge is 2.32. The molecule has 1 unspecified atom stereocenters. The first-order chi connectivity index (χ1) is 18.8. The summed E-state index contributed by atoms with van der Waals surface area (Å²) >= 11 is 7.58. The Balaban J connectivity index is 1.35. The Kier molecular flexibility index (Phi) is 7.49. The van der Waals surface area contributed by atoms with Crippen LogP contribution in [-0.2, 0) is 27.9 Å². The van der Waals surface area contributed by atoms with E-state index in [9.17, 15) is 19.2 Å². The maximum Gasteiger partial charge on any atom is 0.262 e. The molecule has 11 heteroatoms. The number of thiophene rings is 1. The lowest BCUT2D eigenvalue weighted by atomic mass is 9.93. The molecule has 200 valence electrons. The molecule has 2 aromatic heterocycles. The predicted molar refractivity (Wildman–Crippen MR) is 149 cm³/mol. The van der Waals surface area contributed by atoms with Gasteiger partial charge in [-0.2, -0.15) is 5.10 Å².